The lowest BCUT2D eigenvalue weighted by Gasteiger charge is -2.66. The van der Waals surface area contributed by atoms with Crippen LogP contribution in [0.4, 0.5) is 0 Å². The molecule has 5 aliphatic rings. The lowest BCUT2D eigenvalue weighted by Crippen LogP contribution is -2.79. The van der Waals surface area contributed by atoms with Crippen molar-refractivity contribution in [3.05, 3.63) is 11.1 Å². The van der Waals surface area contributed by atoms with Gasteiger partial charge in [-0.1, -0.05) is 40.0 Å². The van der Waals surface area contributed by atoms with Gasteiger partial charge in [0.15, 0.2) is 11.4 Å². The third-order valence-electron chi connectivity index (χ3n) is 10.8. The number of fused-ring (bicyclic) bond motifs is 5. The lowest BCUT2D eigenvalue weighted by molar-refractivity contribution is -0.334. The van der Waals surface area contributed by atoms with Gasteiger partial charge in [0.05, 0.1) is 24.5 Å². The molecule has 0 radical (unpaired) electrons. The van der Waals surface area contributed by atoms with Crippen molar-refractivity contribution < 1.29 is 43.9 Å². The van der Waals surface area contributed by atoms with Crippen molar-refractivity contribution in [3.8, 4) is 0 Å². The van der Waals surface area contributed by atoms with Gasteiger partial charge in [-0.25, -0.2) is 0 Å². The van der Waals surface area contributed by atoms with E-state index in [4.69, 9.17) is 14.2 Å². The van der Waals surface area contributed by atoms with Gasteiger partial charge in [-0.05, 0) is 43.8 Å². The van der Waals surface area contributed by atoms with E-state index in [2.05, 4.69) is 0 Å². The number of hydrogen-bond donors (Lipinski definition) is 3. The van der Waals surface area contributed by atoms with Gasteiger partial charge in [-0.15, -0.1) is 0 Å². The molecule has 0 aromatic rings. The molecule has 8 atom stereocenters. The molecule has 5 rings (SSSR count). The molecule has 1 aliphatic heterocycles. The third-order valence-corrected chi connectivity index (χ3v) is 10.8. The largest absolute Gasteiger partial charge is 0.459 e. The number of ether oxygens (including phenoxy) is 3. The number of Topliss-reactive ketones (excluding diaryl/α,β-unsaturated/α-hetero) is 1. The molecule has 0 aromatic heterocycles. The number of aliphatic hydroxyl groups excluding tert-OH is 2. The molecule has 212 valence electrons. The highest BCUT2D eigenvalue weighted by atomic mass is 16.6. The van der Waals surface area contributed by atoms with Crippen molar-refractivity contribution in [2.24, 2.45) is 22.7 Å². The zero-order valence-corrected chi connectivity index (χ0v) is 23.1. The summed E-state index contributed by atoms with van der Waals surface area (Å²) in [5.74, 6) is -2.83. The van der Waals surface area contributed by atoms with Crippen LogP contribution in [0.5, 0.6) is 0 Å². The van der Waals surface area contributed by atoms with Gasteiger partial charge < -0.3 is 29.5 Å². The van der Waals surface area contributed by atoms with Gasteiger partial charge in [0.25, 0.3) is 0 Å². The normalized spacial score (nSPS) is 44.6. The summed E-state index contributed by atoms with van der Waals surface area (Å²) in [6.07, 6.45) is 0.190. The maximum absolute atomic E-state index is 14.3. The predicted octanol–water partition coefficient (Wildman–Crippen LogP) is 2.38. The Morgan fingerprint density at radius 2 is 1.71 bits per heavy atom. The van der Waals surface area contributed by atoms with Crippen LogP contribution in [0.25, 0.3) is 0 Å². The van der Waals surface area contributed by atoms with Crippen LogP contribution in [0.3, 0.4) is 0 Å². The van der Waals surface area contributed by atoms with E-state index in [0.29, 0.717) is 31.3 Å². The summed E-state index contributed by atoms with van der Waals surface area (Å²) >= 11 is 0. The zero-order valence-electron chi connectivity index (χ0n) is 23.1. The quantitative estimate of drug-likeness (QED) is 0.368. The maximum Gasteiger partial charge on any atom is 0.309 e. The van der Waals surface area contributed by atoms with Crippen molar-refractivity contribution in [1.82, 2.24) is 0 Å². The van der Waals surface area contributed by atoms with E-state index < -0.39 is 70.1 Å². The fourth-order valence-electron chi connectivity index (χ4n) is 8.48. The molecule has 9 nitrogen and oxygen atoms in total. The Hall–Kier alpha value is -1.81. The maximum atomic E-state index is 14.3. The molecule has 0 aromatic carbocycles. The highest BCUT2D eigenvalue weighted by Crippen LogP contribution is 2.63. The summed E-state index contributed by atoms with van der Waals surface area (Å²) in [6, 6.07) is 0. The summed E-state index contributed by atoms with van der Waals surface area (Å²) < 4.78 is 18.2. The minimum absolute atomic E-state index is 0.0147. The first-order chi connectivity index (χ1) is 17.7. The number of esters is 2. The molecule has 0 amide bonds. The topological polar surface area (TPSA) is 140 Å². The smallest absolute Gasteiger partial charge is 0.309 e. The van der Waals surface area contributed by atoms with E-state index in [1.165, 1.54) is 6.92 Å². The van der Waals surface area contributed by atoms with Crippen LogP contribution >= 0.6 is 0 Å². The SMILES string of the molecule is CC(=O)O[C@@]12CO[C@@H]1CC[C@@]1(C)C(=O)[C@H](O)C3=C(C)[C@@H](O)C[C@@](O)([C@@H](OC(=O)C4CCCCC4)[C@H]21)C3(C)C. The summed E-state index contributed by atoms with van der Waals surface area (Å²) in [5, 5.41) is 35.4. The Morgan fingerprint density at radius 1 is 1.05 bits per heavy atom. The Kier molecular flexibility index (Phi) is 6.65. The van der Waals surface area contributed by atoms with E-state index in [9.17, 15) is 29.7 Å². The number of ketones is 1. The molecule has 1 saturated heterocycles. The van der Waals surface area contributed by atoms with Crippen LogP contribution in [-0.4, -0.2) is 75.3 Å². The molecule has 3 N–H and O–H groups in total. The summed E-state index contributed by atoms with van der Waals surface area (Å²) in [4.78, 5) is 40.4. The van der Waals surface area contributed by atoms with Crippen molar-refractivity contribution in [3.63, 3.8) is 0 Å². The first-order valence-corrected chi connectivity index (χ1v) is 14.1. The summed E-state index contributed by atoms with van der Waals surface area (Å²) in [5.41, 5.74) is -5.05. The Bertz CT molecular complexity index is 1060. The second-order valence-electron chi connectivity index (χ2n) is 13.1. The van der Waals surface area contributed by atoms with Crippen LogP contribution in [0.2, 0.25) is 0 Å². The van der Waals surface area contributed by atoms with Crippen LogP contribution < -0.4 is 0 Å². The standard InChI is InChI=1S/C29H42O9/c1-15-18(31)13-29(35)24(37-25(34)17-9-7-6-8-10-17)22-27(5,23(33)21(32)20(15)26(29,3)4)12-11-19-28(22,14-36-19)38-16(2)30/h17-19,21-22,24,31-32,35H,6-14H2,1-5H3/t18-,19+,21+,22-,24-,27+,28-,29+/m0/s1. The second kappa shape index (κ2) is 9.11. The monoisotopic (exact) mass is 534 g/mol. The fraction of sp³-hybridized carbons (Fsp3) is 0.828. The Balaban J connectivity index is 1.74. The van der Waals surface area contributed by atoms with E-state index in [0.717, 1.165) is 19.3 Å². The molecule has 0 unspecified atom stereocenters. The van der Waals surface area contributed by atoms with Crippen LogP contribution in [-0.2, 0) is 28.6 Å². The number of aliphatic hydroxyl groups is 3. The first kappa shape index (κ1) is 27.7. The molecule has 9 heteroatoms. The molecule has 0 spiro atoms. The Labute approximate surface area is 223 Å². The highest BCUT2D eigenvalue weighted by molar-refractivity contribution is 5.93. The molecular weight excluding hydrogens is 492 g/mol. The molecular formula is C29H42O9. The first-order valence-electron chi connectivity index (χ1n) is 14.1. The van der Waals surface area contributed by atoms with Gasteiger partial charge in [-0.3, -0.25) is 14.4 Å². The fourth-order valence-corrected chi connectivity index (χ4v) is 8.48. The van der Waals surface area contributed by atoms with E-state index in [-0.39, 0.29) is 24.5 Å². The minimum atomic E-state index is -1.87. The predicted molar refractivity (Wildman–Crippen MR) is 135 cm³/mol. The lowest BCUT2D eigenvalue weighted by atomic mass is 9.45. The second-order valence-corrected chi connectivity index (χ2v) is 13.1. The van der Waals surface area contributed by atoms with Crippen molar-refractivity contribution >= 4 is 17.7 Å². The Morgan fingerprint density at radius 3 is 2.29 bits per heavy atom. The molecule has 1 heterocycles. The number of carbonyl (C=O) groups excluding carboxylic acids is 3. The molecule has 2 bridgehead atoms. The van der Waals surface area contributed by atoms with Crippen LogP contribution in [0.1, 0.15) is 86.0 Å². The van der Waals surface area contributed by atoms with E-state index >= 15 is 0 Å². The van der Waals surface area contributed by atoms with Crippen molar-refractivity contribution in [2.75, 3.05) is 6.61 Å². The molecule has 4 aliphatic carbocycles. The highest BCUT2D eigenvalue weighted by Gasteiger charge is 2.75. The van der Waals surface area contributed by atoms with Gasteiger partial charge in [0, 0.05) is 24.2 Å². The van der Waals surface area contributed by atoms with Crippen molar-refractivity contribution in [2.45, 2.75) is 122 Å². The van der Waals surface area contributed by atoms with Gasteiger partial charge in [0.2, 0.25) is 0 Å². The van der Waals surface area contributed by atoms with Gasteiger partial charge >= 0.3 is 11.9 Å². The van der Waals surface area contributed by atoms with Gasteiger partial charge in [0.1, 0.15) is 23.9 Å². The van der Waals surface area contributed by atoms with E-state index in [1.807, 2.05) is 0 Å². The average molecular weight is 535 g/mol. The summed E-state index contributed by atoms with van der Waals surface area (Å²) in [7, 11) is 0. The van der Waals surface area contributed by atoms with Crippen LogP contribution in [0.15, 0.2) is 11.1 Å². The molecule has 38 heavy (non-hydrogen) atoms. The zero-order chi connectivity index (χ0) is 27.8. The number of hydrogen-bond acceptors (Lipinski definition) is 9. The minimum Gasteiger partial charge on any atom is -0.459 e. The third kappa shape index (κ3) is 3.68. The summed E-state index contributed by atoms with van der Waals surface area (Å²) in [6.45, 7) is 8.08. The van der Waals surface area contributed by atoms with Gasteiger partial charge in [-0.2, -0.15) is 0 Å². The molecule has 3 saturated carbocycles. The van der Waals surface area contributed by atoms with Crippen molar-refractivity contribution in [1.29, 1.82) is 0 Å². The molecule has 4 fully saturated rings. The van der Waals surface area contributed by atoms with Crippen LogP contribution in [0, 0.1) is 22.7 Å². The van der Waals surface area contributed by atoms with E-state index in [1.54, 1.807) is 27.7 Å². The average Bonchev–Trinajstić information content (AvgIpc) is 2.84. The number of carbonyl (C=O) groups is 3. The number of rotatable bonds is 3.